The van der Waals surface area contributed by atoms with Gasteiger partial charge in [-0.1, -0.05) is 29.3 Å². The third-order valence-electron chi connectivity index (χ3n) is 2.67. The van der Waals surface area contributed by atoms with Crippen LogP contribution in [0.1, 0.15) is 17.9 Å². The van der Waals surface area contributed by atoms with Crippen LogP contribution >= 0.6 is 23.2 Å². The molecule has 92 valence electrons. The Labute approximate surface area is 110 Å². The monoisotopic (exact) mass is 274 g/mol. The first-order valence-electron chi connectivity index (χ1n) is 5.34. The van der Waals surface area contributed by atoms with Gasteiger partial charge in [-0.2, -0.15) is 0 Å². The highest BCUT2D eigenvalue weighted by molar-refractivity contribution is 6.42. The van der Waals surface area contributed by atoms with E-state index in [0.717, 1.165) is 11.8 Å². The number of rotatable bonds is 4. The maximum atomic E-state index is 11.1. The van der Waals surface area contributed by atoms with Crippen LogP contribution in [0.25, 0.3) is 0 Å². The van der Waals surface area contributed by atoms with Gasteiger partial charge in [-0.25, -0.2) is 0 Å². The average Bonchev–Trinajstić information content (AvgIpc) is 2.82. The molecule has 5 heteroatoms. The zero-order chi connectivity index (χ0) is 12.3. The molecule has 1 aliphatic heterocycles. The van der Waals surface area contributed by atoms with Gasteiger partial charge in [-0.15, -0.1) is 0 Å². The van der Waals surface area contributed by atoms with Crippen molar-refractivity contribution in [1.82, 2.24) is 0 Å². The van der Waals surface area contributed by atoms with Crippen molar-refractivity contribution in [3.63, 3.8) is 0 Å². The lowest BCUT2D eigenvalue weighted by atomic mass is 9.97. The molecule has 0 radical (unpaired) electrons. The van der Waals surface area contributed by atoms with E-state index in [2.05, 4.69) is 0 Å². The zero-order valence-corrected chi connectivity index (χ0v) is 10.6. The molecule has 0 aliphatic carbocycles. The Balaban J connectivity index is 2.10. The number of ether oxygens (including phenoxy) is 2. The molecule has 1 unspecified atom stereocenters. The van der Waals surface area contributed by atoms with E-state index in [-0.39, 0.29) is 12.2 Å². The number of benzene rings is 1. The number of halogens is 2. The van der Waals surface area contributed by atoms with Crippen molar-refractivity contribution in [2.45, 2.75) is 18.6 Å². The predicted molar refractivity (Wildman–Crippen MR) is 65.6 cm³/mol. The highest BCUT2D eigenvalue weighted by Crippen LogP contribution is 2.29. The summed E-state index contributed by atoms with van der Waals surface area (Å²) >= 11 is 11.8. The second kappa shape index (κ2) is 5.83. The molecule has 3 nitrogen and oxygen atoms in total. The SMILES string of the molecule is O=CC(CC1OCCO1)c1ccc(Cl)c(Cl)c1. The van der Waals surface area contributed by atoms with E-state index in [1.54, 1.807) is 18.2 Å². The summed E-state index contributed by atoms with van der Waals surface area (Å²) in [5.74, 6) is -0.284. The molecule has 1 heterocycles. The van der Waals surface area contributed by atoms with Crippen molar-refractivity contribution < 1.29 is 14.3 Å². The lowest BCUT2D eigenvalue weighted by molar-refractivity contribution is -0.112. The van der Waals surface area contributed by atoms with Gasteiger partial charge in [-0.05, 0) is 17.7 Å². The van der Waals surface area contributed by atoms with Crippen molar-refractivity contribution >= 4 is 29.5 Å². The first kappa shape index (κ1) is 12.8. The van der Waals surface area contributed by atoms with Crippen molar-refractivity contribution in [3.05, 3.63) is 33.8 Å². The van der Waals surface area contributed by atoms with E-state index in [1.807, 2.05) is 0 Å². The van der Waals surface area contributed by atoms with Crippen LogP contribution in [0, 0.1) is 0 Å². The van der Waals surface area contributed by atoms with E-state index in [1.165, 1.54) is 0 Å². The maximum Gasteiger partial charge on any atom is 0.158 e. The lowest BCUT2D eigenvalue weighted by Gasteiger charge is -2.15. The highest BCUT2D eigenvalue weighted by Gasteiger charge is 2.22. The fourth-order valence-electron chi connectivity index (χ4n) is 1.76. The van der Waals surface area contributed by atoms with Gasteiger partial charge in [0.05, 0.1) is 23.3 Å². The van der Waals surface area contributed by atoms with Crippen molar-refractivity contribution in [2.24, 2.45) is 0 Å². The Morgan fingerprint density at radius 2 is 2.00 bits per heavy atom. The Morgan fingerprint density at radius 3 is 2.59 bits per heavy atom. The van der Waals surface area contributed by atoms with Crippen LogP contribution in [0.2, 0.25) is 10.0 Å². The average molecular weight is 275 g/mol. The molecule has 1 aromatic carbocycles. The van der Waals surface area contributed by atoms with Gasteiger partial charge in [0.1, 0.15) is 6.29 Å². The molecular formula is C12H12Cl2O3. The summed E-state index contributed by atoms with van der Waals surface area (Å²) in [5, 5.41) is 0.928. The Bertz CT molecular complexity index is 403. The van der Waals surface area contributed by atoms with Gasteiger partial charge < -0.3 is 14.3 Å². The van der Waals surface area contributed by atoms with Crippen LogP contribution in [-0.2, 0) is 14.3 Å². The smallest absolute Gasteiger partial charge is 0.158 e. The van der Waals surface area contributed by atoms with Gasteiger partial charge in [0.25, 0.3) is 0 Å². The first-order chi connectivity index (χ1) is 8.20. The van der Waals surface area contributed by atoms with Crippen LogP contribution in [0.4, 0.5) is 0 Å². The maximum absolute atomic E-state index is 11.1. The molecule has 1 aliphatic rings. The van der Waals surface area contributed by atoms with Gasteiger partial charge >= 0.3 is 0 Å². The lowest BCUT2D eigenvalue weighted by Crippen LogP contribution is -2.14. The minimum atomic E-state index is -0.306. The van der Waals surface area contributed by atoms with Crippen molar-refractivity contribution in [2.75, 3.05) is 13.2 Å². The number of carbonyl (C=O) groups excluding carboxylic acids is 1. The fraction of sp³-hybridized carbons (Fsp3) is 0.417. The van der Waals surface area contributed by atoms with Gasteiger partial charge in [0.15, 0.2) is 6.29 Å². The van der Waals surface area contributed by atoms with E-state index >= 15 is 0 Å². The summed E-state index contributed by atoms with van der Waals surface area (Å²) in [7, 11) is 0. The van der Waals surface area contributed by atoms with E-state index in [9.17, 15) is 4.79 Å². The summed E-state index contributed by atoms with van der Waals surface area (Å²) in [6, 6.07) is 5.19. The van der Waals surface area contributed by atoms with Crippen molar-refractivity contribution in [1.29, 1.82) is 0 Å². The second-order valence-corrected chi connectivity index (χ2v) is 4.64. The van der Waals surface area contributed by atoms with Crippen LogP contribution in [0.5, 0.6) is 0 Å². The number of hydrogen-bond donors (Lipinski definition) is 0. The molecule has 2 rings (SSSR count). The topological polar surface area (TPSA) is 35.5 Å². The minimum Gasteiger partial charge on any atom is -0.350 e. The quantitative estimate of drug-likeness (QED) is 0.792. The summed E-state index contributed by atoms with van der Waals surface area (Å²) in [6.07, 6.45) is 1.08. The molecule has 0 spiro atoms. The number of aldehydes is 1. The van der Waals surface area contributed by atoms with Crippen LogP contribution in [0.15, 0.2) is 18.2 Å². The first-order valence-corrected chi connectivity index (χ1v) is 6.09. The Hall–Kier alpha value is -0.610. The number of carbonyl (C=O) groups is 1. The van der Waals surface area contributed by atoms with E-state index < -0.39 is 0 Å². The van der Waals surface area contributed by atoms with Crippen LogP contribution in [0.3, 0.4) is 0 Å². The van der Waals surface area contributed by atoms with Crippen molar-refractivity contribution in [3.8, 4) is 0 Å². The van der Waals surface area contributed by atoms with E-state index in [4.69, 9.17) is 32.7 Å². The largest absolute Gasteiger partial charge is 0.350 e. The molecule has 0 N–H and O–H groups in total. The summed E-state index contributed by atoms with van der Waals surface area (Å²) < 4.78 is 10.6. The van der Waals surface area contributed by atoms with Crippen LogP contribution < -0.4 is 0 Å². The van der Waals surface area contributed by atoms with Gasteiger partial charge in [-0.3, -0.25) is 0 Å². The molecule has 1 saturated heterocycles. The normalized spacial score (nSPS) is 18.2. The molecule has 0 aromatic heterocycles. The minimum absolute atomic E-state index is 0.284. The second-order valence-electron chi connectivity index (χ2n) is 3.82. The molecule has 0 amide bonds. The number of hydrogen-bond acceptors (Lipinski definition) is 3. The molecule has 17 heavy (non-hydrogen) atoms. The summed E-state index contributed by atoms with van der Waals surface area (Å²) in [5.41, 5.74) is 0.827. The fourth-order valence-corrected chi connectivity index (χ4v) is 2.07. The standard InChI is InChI=1S/C12H12Cl2O3/c13-10-2-1-8(5-11(10)14)9(7-15)6-12-16-3-4-17-12/h1-2,5,7,9,12H,3-4,6H2. The third-order valence-corrected chi connectivity index (χ3v) is 3.41. The van der Waals surface area contributed by atoms with E-state index in [0.29, 0.717) is 29.7 Å². The molecule has 0 saturated carbocycles. The Morgan fingerprint density at radius 1 is 1.29 bits per heavy atom. The van der Waals surface area contributed by atoms with Crippen LogP contribution in [-0.4, -0.2) is 25.8 Å². The molecule has 0 bridgehead atoms. The summed E-state index contributed by atoms with van der Waals surface area (Å²) in [4.78, 5) is 11.1. The molecule has 1 fully saturated rings. The summed E-state index contributed by atoms with van der Waals surface area (Å²) in [6.45, 7) is 1.16. The zero-order valence-electron chi connectivity index (χ0n) is 9.07. The molecular weight excluding hydrogens is 263 g/mol. The molecule has 1 atom stereocenters. The predicted octanol–water partition coefficient (Wildman–Crippen LogP) is 3.04. The van der Waals surface area contributed by atoms with Gasteiger partial charge in [0.2, 0.25) is 0 Å². The van der Waals surface area contributed by atoms with Gasteiger partial charge in [0, 0.05) is 12.3 Å². The highest BCUT2D eigenvalue weighted by atomic mass is 35.5. The third kappa shape index (κ3) is 3.19. The Kier molecular flexibility index (Phi) is 4.40. The molecule has 1 aromatic rings.